The fraction of sp³-hybridized carbons (Fsp3) is 0.533. The third kappa shape index (κ3) is 4.23. The van der Waals surface area contributed by atoms with Crippen LogP contribution in [0.15, 0.2) is 24.3 Å². The molecule has 106 valence electrons. The van der Waals surface area contributed by atoms with Crippen molar-refractivity contribution in [1.29, 1.82) is 0 Å². The molecule has 0 saturated carbocycles. The van der Waals surface area contributed by atoms with Gasteiger partial charge in [-0.05, 0) is 37.0 Å². The van der Waals surface area contributed by atoms with Crippen LogP contribution < -0.4 is 5.32 Å². The highest BCUT2D eigenvalue weighted by atomic mass is 79.9. The van der Waals surface area contributed by atoms with Gasteiger partial charge in [0.2, 0.25) is 5.91 Å². The second kappa shape index (κ2) is 5.53. The van der Waals surface area contributed by atoms with Gasteiger partial charge >= 0.3 is 0 Å². The number of hydrogen-bond donors (Lipinski definition) is 2. The molecular weight excluding hydrogens is 306 g/mol. The lowest BCUT2D eigenvalue weighted by Gasteiger charge is -2.31. The lowest BCUT2D eigenvalue weighted by atomic mass is 9.89. The fourth-order valence-corrected chi connectivity index (χ4v) is 1.83. The molecule has 0 heterocycles. The van der Waals surface area contributed by atoms with Crippen molar-refractivity contribution in [3.8, 4) is 5.75 Å². The molecule has 4 heteroatoms. The number of phenols is 1. The number of carbonyl (C=O) groups is 1. The minimum atomic E-state index is -0.484. The largest absolute Gasteiger partial charge is 0.508 e. The van der Waals surface area contributed by atoms with Gasteiger partial charge in [-0.15, -0.1) is 0 Å². The normalized spacial score (nSPS) is 14.0. The van der Waals surface area contributed by atoms with Crippen molar-refractivity contribution in [1.82, 2.24) is 5.32 Å². The smallest absolute Gasteiger partial charge is 0.234 e. The Labute approximate surface area is 123 Å². The van der Waals surface area contributed by atoms with Gasteiger partial charge in [-0.3, -0.25) is 4.79 Å². The Morgan fingerprint density at radius 1 is 1.16 bits per heavy atom. The van der Waals surface area contributed by atoms with E-state index in [-0.39, 0.29) is 21.9 Å². The lowest BCUT2D eigenvalue weighted by molar-refractivity contribution is -0.123. The summed E-state index contributed by atoms with van der Waals surface area (Å²) in [7, 11) is 0. The lowest BCUT2D eigenvalue weighted by Crippen LogP contribution is -2.47. The predicted octanol–water partition coefficient (Wildman–Crippen LogP) is 3.55. The van der Waals surface area contributed by atoms with Crippen molar-refractivity contribution < 1.29 is 9.90 Å². The minimum absolute atomic E-state index is 0.0365. The summed E-state index contributed by atoms with van der Waals surface area (Å²) >= 11 is 3.45. The molecule has 1 amide bonds. The zero-order valence-corrected chi connectivity index (χ0v) is 13.7. The van der Waals surface area contributed by atoms with Crippen LogP contribution in [0.25, 0.3) is 0 Å². The van der Waals surface area contributed by atoms with Crippen LogP contribution in [0, 0.1) is 5.41 Å². The quantitative estimate of drug-likeness (QED) is 0.834. The number of nitrogens with one attached hydrogen (secondary N) is 1. The summed E-state index contributed by atoms with van der Waals surface area (Å²) in [6.45, 7) is 9.93. The third-order valence-corrected chi connectivity index (χ3v) is 4.80. The van der Waals surface area contributed by atoms with Crippen molar-refractivity contribution in [2.75, 3.05) is 0 Å². The number of rotatable bonds is 3. The first-order chi connectivity index (χ1) is 8.54. The van der Waals surface area contributed by atoms with Crippen LogP contribution in [-0.4, -0.2) is 15.8 Å². The minimum Gasteiger partial charge on any atom is -0.508 e. The number of aromatic hydroxyl groups is 1. The summed E-state index contributed by atoms with van der Waals surface area (Å²) in [5.41, 5.74) is 0.323. The molecule has 0 aliphatic heterocycles. The molecule has 1 aromatic carbocycles. The van der Waals surface area contributed by atoms with Crippen molar-refractivity contribution in [3.63, 3.8) is 0 Å². The number of hydrogen-bond acceptors (Lipinski definition) is 2. The number of carbonyl (C=O) groups excluding carboxylic acids is 1. The van der Waals surface area contributed by atoms with E-state index in [1.165, 1.54) is 0 Å². The summed E-state index contributed by atoms with van der Waals surface area (Å²) in [5.74, 6) is 0.185. The van der Waals surface area contributed by atoms with Gasteiger partial charge < -0.3 is 10.4 Å². The number of amides is 1. The standard InChI is InChI=1S/C15H22BrNO2/c1-14(2,3)12(16)13(19)17-15(4,5)10-6-8-11(18)9-7-10/h6-9,12,18H,1-5H3,(H,17,19). The summed E-state index contributed by atoms with van der Waals surface area (Å²) < 4.78 is 0. The average Bonchev–Trinajstić information content (AvgIpc) is 2.26. The molecule has 0 fully saturated rings. The molecule has 1 unspecified atom stereocenters. The Balaban J connectivity index is 2.85. The molecule has 0 aliphatic carbocycles. The Kier molecular flexibility index (Phi) is 4.67. The zero-order valence-electron chi connectivity index (χ0n) is 12.1. The van der Waals surface area contributed by atoms with E-state index in [0.29, 0.717) is 0 Å². The van der Waals surface area contributed by atoms with Gasteiger partial charge in [-0.2, -0.15) is 0 Å². The highest BCUT2D eigenvalue weighted by Crippen LogP contribution is 2.28. The molecule has 19 heavy (non-hydrogen) atoms. The third-order valence-electron chi connectivity index (χ3n) is 3.02. The summed E-state index contributed by atoms with van der Waals surface area (Å²) in [6.07, 6.45) is 0. The molecule has 0 aliphatic rings. The molecule has 0 spiro atoms. The number of alkyl halides is 1. The van der Waals surface area contributed by atoms with Crippen LogP contribution in [0.3, 0.4) is 0 Å². The highest BCUT2D eigenvalue weighted by Gasteiger charge is 2.32. The first-order valence-electron chi connectivity index (χ1n) is 6.29. The Bertz CT molecular complexity index is 446. The number of benzene rings is 1. The van der Waals surface area contributed by atoms with E-state index in [1.807, 2.05) is 46.8 Å². The topological polar surface area (TPSA) is 49.3 Å². The predicted molar refractivity (Wildman–Crippen MR) is 81.4 cm³/mol. The van der Waals surface area contributed by atoms with Gasteiger partial charge in [0.1, 0.15) is 5.75 Å². The molecule has 0 aromatic heterocycles. The molecule has 0 saturated heterocycles. The molecule has 1 aromatic rings. The number of phenolic OH excluding ortho intramolecular Hbond substituents is 1. The van der Waals surface area contributed by atoms with E-state index in [2.05, 4.69) is 21.2 Å². The summed E-state index contributed by atoms with van der Waals surface area (Å²) in [6, 6.07) is 6.88. The van der Waals surface area contributed by atoms with Gasteiger partial charge in [0.15, 0.2) is 0 Å². The van der Waals surface area contributed by atoms with Crippen LogP contribution in [0.5, 0.6) is 5.75 Å². The number of halogens is 1. The van der Waals surface area contributed by atoms with Gasteiger partial charge in [-0.25, -0.2) is 0 Å². The Morgan fingerprint density at radius 3 is 2.05 bits per heavy atom. The van der Waals surface area contributed by atoms with Gasteiger partial charge in [0, 0.05) is 0 Å². The molecule has 3 nitrogen and oxygen atoms in total. The maximum atomic E-state index is 12.2. The molecule has 2 N–H and O–H groups in total. The van der Waals surface area contributed by atoms with E-state index in [4.69, 9.17) is 0 Å². The van der Waals surface area contributed by atoms with Crippen molar-refractivity contribution >= 4 is 21.8 Å². The van der Waals surface area contributed by atoms with Crippen LogP contribution in [0.2, 0.25) is 0 Å². The molecule has 0 bridgehead atoms. The second-order valence-corrected chi connectivity index (χ2v) is 7.31. The second-order valence-electron chi connectivity index (χ2n) is 6.39. The first-order valence-corrected chi connectivity index (χ1v) is 7.21. The van der Waals surface area contributed by atoms with E-state index < -0.39 is 5.54 Å². The molecule has 1 atom stereocenters. The zero-order chi connectivity index (χ0) is 14.8. The monoisotopic (exact) mass is 327 g/mol. The van der Waals surface area contributed by atoms with Crippen LogP contribution in [0.1, 0.15) is 40.2 Å². The van der Waals surface area contributed by atoms with Crippen LogP contribution in [-0.2, 0) is 10.3 Å². The van der Waals surface area contributed by atoms with E-state index >= 15 is 0 Å². The summed E-state index contributed by atoms with van der Waals surface area (Å²) in [5, 5.41) is 12.3. The molecule has 1 rings (SSSR count). The molecular formula is C15H22BrNO2. The molecule has 0 radical (unpaired) electrons. The van der Waals surface area contributed by atoms with Crippen molar-refractivity contribution in [3.05, 3.63) is 29.8 Å². The Morgan fingerprint density at radius 2 is 1.63 bits per heavy atom. The van der Waals surface area contributed by atoms with E-state index in [0.717, 1.165) is 5.56 Å². The van der Waals surface area contributed by atoms with Crippen LogP contribution >= 0.6 is 15.9 Å². The maximum absolute atomic E-state index is 12.2. The maximum Gasteiger partial charge on any atom is 0.234 e. The van der Waals surface area contributed by atoms with Crippen molar-refractivity contribution in [2.45, 2.75) is 45.0 Å². The Hall–Kier alpha value is -1.03. The van der Waals surface area contributed by atoms with Gasteiger partial charge in [-0.1, -0.05) is 48.8 Å². The first kappa shape index (κ1) is 16.0. The summed E-state index contributed by atoms with van der Waals surface area (Å²) in [4.78, 5) is 12.0. The fourth-order valence-electron chi connectivity index (χ4n) is 1.71. The van der Waals surface area contributed by atoms with Crippen molar-refractivity contribution in [2.24, 2.45) is 5.41 Å². The van der Waals surface area contributed by atoms with E-state index in [1.54, 1.807) is 12.1 Å². The SMILES string of the molecule is CC(C)(NC(=O)C(Br)C(C)(C)C)c1ccc(O)cc1. The average molecular weight is 328 g/mol. The van der Waals surface area contributed by atoms with Gasteiger partial charge in [0.05, 0.1) is 10.4 Å². The highest BCUT2D eigenvalue weighted by molar-refractivity contribution is 9.10. The van der Waals surface area contributed by atoms with E-state index in [9.17, 15) is 9.90 Å². The van der Waals surface area contributed by atoms with Crippen LogP contribution in [0.4, 0.5) is 0 Å². The van der Waals surface area contributed by atoms with Gasteiger partial charge in [0.25, 0.3) is 0 Å².